The first-order valence-electron chi connectivity index (χ1n) is 26.9. The normalized spacial score (nSPS) is 14.2. The van der Waals surface area contributed by atoms with Gasteiger partial charge in [-0.25, -0.2) is 0 Å². The number of hydrogen-bond donors (Lipinski definition) is 0. The second kappa shape index (κ2) is 20.8. The zero-order chi connectivity index (χ0) is 52.5. The summed E-state index contributed by atoms with van der Waals surface area (Å²) in [4.78, 5) is 0. The summed E-state index contributed by atoms with van der Waals surface area (Å²) in [6.07, 6.45) is 0. The minimum absolute atomic E-state index is 0.310. The van der Waals surface area contributed by atoms with Gasteiger partial charge >= 0.3 is 444 Å². The van der Waals surface area contributed by atoms with Crippen molar-refractivity contribution in [2.24, 2.45) is 0 Å². The van der Waals surface area contributed by atoms with E-state index in [0.29, 0.717) is 38.3 Å². The van der Waals surface area contributed by atoms with E-state index in [1.807, 2.05) is 20.3 Å². The van der Waals surface area contributed by atoms with Crippen LogP contribution < -0.4 is 7.16 Å². The molecule has 2 radical (unpaired) electrons. The van der Waals surface area contributed by atoms with E-state index in [4.69, 9.17) is 0 Å². The topological polar surface area (TPSA) is 0 Å². The Bertz CT molecular complexity index is 2190. The standard InChI is InChI=1S/C30H67Si7.C30H37.Sn/c1-31(2,3)28(32(4,5)6)25-22-26(29(33(7,8)9)34(10,11)12)24-27(23-25)30(35(13,14)15,36(16,17)18)37(19,20)21;1-19(2)23-12-14-27(29(17-23)21(5)6)25-10-9-11-26(16-25)28-15-13-24(20(3)4)18-30(28)22(7)8;/h23-24,28-29H,1-21H3;9-15,17-22H,1-8H3;. The Labute approximate surface area is 440 Å². The van der Waals surface area contributed by atoms with Crippen LogP contribution in [0, 0.1) is 0 Å². The molecule has 0 amide bonds. The van der Waals surface area contributed by atoms with Crippen molar-refractivity contribution < 1.29 is 0 Å². The SMILES string of the molecule is CC(C)c1ccc(-c2cccc(-c3ccc(C(C)C)cc3C(C)C)[c]2[Sn][c]2c(C([Si](C)(C)C)[Si](C)(C)C)cc(C([Si](C)(C)C)([Si](C)(C)C)[Si](C)(C)C)cc2C([Si](C)(C)C)[Si](C)(C)C)c(C(C)C)c1. The first-order valence-corrected chi connectivity index (χ1v) is 54.5. The molecule has 0 aromatic heterocycles. The molecule has 0 atom stereocenters. The summed E-state index contributed by atoms with van der Waals surface area (Å²) in [7, 11) is -12.6. The average Bonchev–Trinajstić information content (AvgIpc) is 3.11. The van der Waals surface area contributed by atoms with Crippen LogP contribution in [-0.4, -0.2) is 77.7 Å². The molecule has 68 heavy (non-hydrogen) atoms. The summed E-state index contributed by atoms with van der Waals surface area (Å²) in [5.74, 6) is 1.85. The Balaban J connectivity index is 2.53. The van der Waals surface area contributed by atoms with Gasteiger partial charge in [0.1, 0.15) is 0 Å². The van der Waals surface area contributed by atoms with Crippen molar-refractivity contribution in [2.75, 3.05) is 0 Å². The van der Waals surface area contributed by atoms with Crippen LogP contribution in [0.5, 0.6) is 0 Å². The van der Waals surface area contributed by atoms with Crippen LogP contribution >= 0.6 is 0 Å². The molecule has 8 heteroatoms. The van der Waals surface area contributed by atoms with Crippen LogP contribution in [-0.2, 0) is 4.28 Å². The van der Waals surface area contributed by atoms with Crippen molar-refractivity contribution in [3.05, 3.63) is 106 Å². The molecule has 0 fully saturated rings. The van der Waals surface area contributed by atoms with Crippen LogP contribution in [0.2, 0.25) is 137 Å². The van der Waals surface area contributed by atoms with Crippen LogP contribution in [0.25, 0.3) is 22.3 Å². The molecule has 0 heterocycles. The third kappa shape index (κ3) is 12.2. The summed E-state index contributed by atoms with van der Waals surface area (Å²) in [6, 6.07) is 28.9. The van der Waals surface area contributed by atoms with Crippen LogP contribution in [0.1, 0.15) is 128 Å². The van der Waals surface area contributed by atoms with Crippen molar-refractivity contribution in [3.8, 4) is 22.3 Å². The van der Waals surface area contributed by atoms with Crippen molar-refractivity contribution in [1.82, 2.24) is 0 Å². The van der Waals surface area contributed by atoms with Crippen LogP contribution in [0.4, 0.5) is 0 Å². The van der Waals surface area contributed by atoms with E-state index in [0.717, 1.165) is 0 Å². The van der Waals surface area contributed by atoms with E-state index >= 15 is 0 Å². The Morgan fingerprint density at radius 2 is 0.647 bits per heavy atom. The zero-order valence-corrected chi connectivity index (χ0v) is 59.7. The third-order valence-electron chi connectivity index (χ3n) is 15.7. The zero-order valence-electron chi connectivity index (χ0n) is 49.8. The molecular weight excluding hydrogens is 1040 g/mol. The van der Waals surface area contributed by atoms with Gasteiger partial charge in [0.05, 0.1) is 0 Å². The molecule has 0 aliphatic rings. The van der Waals surface area contributed by atoms with Crippen molar-refractivity contribution in [3.63, 3.8) is 0 Å². The maximum absolute atomic E-state index is 3.05. The summed E-state index contributed by atoms with van der Waals surface area (Å²) in [6.45, 7) is 77.3. The average molecular weight is 1140 g/mol. The second-order valence-electron chi connectivity index (χ2n) is 30.0. The Morgan fingerprint density at radius 3 is 0.897 bits per heavy atom. The Morgan fingerprint density at radius 1 is 0.338 bits per heavy atom. The molecule has 0 nitrogen and oxygen atoms in total. The molecule has 4 aromatic rings. The Hall–Kier alpha value is -0.803. The molecular formula is C60H104Si7Sn. The Kier molecular flexibility index (Phi) is 18.3. The van der Waals surface area contributed by atoms with E-state index in [-0.39, 0.29) is 0 Å². The monoisotopic (exact) mass is 1140 g/mol. The van der Waals surface area contributed by atoms with Crippen molar-refractivity contribution in [1.29, 1.82) is 0 Å². The molecule has 0 saturated heterocycles. The van der Waals surface area contributed by atoms with Crippen LogP contribution in [0.15, 0.2) is 66.7 Å². The molecule has 0 saturated carbocycles. The quantitative estimate of drug-likeness (QED) is 0.0871. The maximum atomic E-state index is 3.05. The van der Waals surface area contributed by atoms with Gasteiger partial charge in [-0.1, -0.05) is 0 Å². The van der Waals surface area contributed by atoms with Crippen LogP contribution in [0.3, 0.4) is 0 Å². The molecule has 0 aliphatic carbocycles. The van der Waals surface area contributed by atoms with Gasteiger partial charge in [-0.3, -0.25) is 0 Å². The number of benzene rings is 4. The molecule has 0 unspecified atom stereocenters. The molecule has 376 valence electrons. The molecule has 4 rings (SSSR count). The molecule has 0 bridgehead atoms. The van der Waals surface area contributed by atoms with Gasteiger partial charge in [-0.05, 0) is 0 Å². The third-order valence-corrected chi connectivity index (χ3v) is 60.0. The van der Waals surface area contributed by atoms with E-state index in [2.05, 4.69) is 260 Å². The van der Waals surface area contributed by atoms with Gasteiger partial charge in [0.25, 0.3) is 0 Å². The fourth-order valence-electron chi connectivity index (χ4n) is 15.2. The fraction of sp³-hybridized carbons (Fsp3) is 0.600. The fourth-order valence-corrected chi connectivity index (χ4v) is 77.1. The first-order chi connectivity index (χ1) is 30.5. The van der Waals surface area contributed by atoms with Gasteiger partial charge < -0.3 is 0 Å². The van der Waals surface area contributed by atoms with E-state index in [1.54, 1.807) is 3.58 Å². The predicted molar refractivity (Wildman–Crippen MR) is 336 cm³/mol. The summed E-state index contributed by atoms with van der Waals surface area (Å²) < 4.78 is 3.93. The summed E-state index contributed by atoms with van der Waals surface area (Å²) >= 11 is -1.60. The van der Waals surface area contributed by atoms with Gasteiger partial charge in [0.2, 0.25) is 0 Å². The first kappa shape index (κ1) is 59.8. The van der Waals surface area contributed by atoms with Gasteiger partial charge in [-0.2, -0.15) is 0 Å². The summed E-state index contributed by atoms with van der Waals surface area (Å²) in [5, 5.41) is 1.33. The molecule has 0 N–H and O–H groups in total. The van der Waals surface area contributed by atoms with Gasteiger partial charge in [0, 0.05) is 0 Å². The predicted octanol–water partition coefficient (Wildman–Crippen LogP) is 18.7. The molecule has 0 aliphatic heterocycles. The number of hydrogen-bond acceptors (Lipinski definition) is 0. The van der Waals surface area contributed by atoms with E-state index in [1.165, 1.54) is 44.5 Å². The molecule has 4 aromatic carbocycles. The second-order valence-corrected chi connectivity index (χ2v) is 73.2. The van der Waals surface area contributed by atoms with E-state index < -0.39 is 77.7 Å². The summed E-state index contributed by atoms with van der Waals surface area (Å²) in [5.41, 5.74) is 17.5. The van der Waals surface area contributed by atoms with E-state index in [9.17, 15) is 0 Å². The number of rotatable bonds is 18. The van der Waals surface area contributed by atoms with Gasteiger partial charge in [-0.15, -0.1) is 0 Å². The van der Waals surface area contributed by atoms with Crippen molar-refractivity contribution >= 4 is 84.8 Å². The van der Waals surface area contributed by atoms with Gasteiger partial charge in [0.15, 0.2) is 0 Å². The molecule has 0 spiro atoms. The minimum atomic E-state index is -1.82. The van der Waals surface area contributed by atoms with Crippen molar-refractivity contribution in [2.45, 2.75) is 231 Å².